The quantitative estimate of drug-likeness (QED) is 0.889. The van der Waals surface area contributed by atoms with Gasteiger partial charge in [-0.3, -0.25) is 4.98 Å². The van der Waals surface area contributed by atoms with Gasteiger partial charge in [0.1, 0.15) is 18.1 Å². The smallest absolute Gasteiger partial charge is 0.120 e. The van der Waals surface area contributed by atoms with Crippen molar-refractivity contribution in [1.82, 2.24) is 4.98 Å². The fourth-order valence-electron chi connectivity index (χ4n) is 1.22. The molecule has 1 aromatic heterocycles. The van der Waals surface area contributed by atoms with Crippen LogP contribution >= 0.6 is 11.6 Å². The number of hydrogen-bond acceptors (Lipinski definition) is 3. The van der Waals surface area contributed by atoms with E-state index in [1.165, 1.54) is 0 Å². The van der Waals surface area contributed by atoms with Crippen molar-refractivity contribution in [2.45, 2.75) is 6.61 Å². The molecular weight excluding hydrogens is 226 g/mol. The number of benzene rings is 1. The number of phenols is 1. The van der Waals surface area contributed by atoms with Crippen molar-refractivity contribution in [3.05, 3.63) is 53.3 Å². The lowest BCUT2D eigenvalue weighted by atomic mass is 10.3. The predicted molar refractivity (Wildman–Crippen MR) is 61.7 cm³/mol. The second-order valence-electron chi connectivity index (χ2n) is 3.25. The molecule has 0 radical (unpaired) electrons. The monoisotopic (exact) mass is 235 g/mol. The summed E-state index contributed by atoms with van der Waals surface area (Å²) in [5, 5.41) is 9.69. The number of nitrogens with zero attached hydrogens (tertiary/aromatic N) is 1. The van der Waals surface area contributed by atoms with Crippen LogP contribution in [0, 0.1) is 0 Å². The number of pyridine rings is 1. The third-order valence-corrected chi connectivity index (χ3v) is 2.43. The van der Waals surface area contributed by atoms with E-state index in [1.54, 1.807) is 36.7 Å². The Morgan fingerprint density at radius 3 is 2.62 bits per heavy atom. The number of rotatable bonds is 3. The molecule has 0 saturated carbocycles. The van der Waals surface area contributed by atoms with Crippen molar-refractivity contribution >= 4 is 11.6 Å². The van der Waals surface area contributed by atoms with Gasteiger partial charge in [-0.05, 0) is 30.3 Å². The van der Waals surface area contributed by atoms with Gasteiger partial charge in [0.25, 0.3) is 0 Å². The van der Waals surface area contributed by atoms with Gasteiger partial charge in [0, 0.05) is 18.0 Å². The molecule has 3 nitrogen and oxygen atoms in total. The van der Waals surface area contributed by atoms with E-state index in [2.05, 4.69) is 4.98 Å². The highest BCUT2D eigenvalue weighted by molar-refractivity contribution is 6.31. The van der Waals surface area contributed by atoms with E-state index in [0.717, 1.165) is 5.56 Å². The normalized spacial score (nSPS) is 10.1. The van der Waals surface area contributed by atoms with Crippen molar-refractivity contribution in [3.8, 4) is 11.5 Å². The molecule has 2 rings (SSSR count). The van der Waals surface area contributed by atoms with Crippen molar-refractivity contribution in [1.29, 1.82) is 0 Å². The van der Waals surface area contributed by atoms with Crippen molar-refractivity contribution in [2.75, 3.05) is 0 Å². The largest absolute Gasteiger partial charge is 0.508 e. The SMILES string of the molecule is Oc1ccc(OCc2ccncc2Cl)cc1. The molecule has 1 N–H and O–H groups in total. The Morgan fingerprint density at radius 1 is 1.19 bits per heavy atom. The molecule has 2 aromatic rings. The Bertz CT molecular complexity index is 471. The van der Waals surface area contributed by atoms with Gasteiger partial charge in [-0.2, -0.15) is 0 Å². The van der Waals surface area contributed by atoms with E-state index in [1.807, 2.05) is 6.07 Å². The number of halogens is 1. The lowest BCUT2D eigenvalue weighted by Gasteiger charge is -2.07. The fraction of sp³-hybridized carbons (Fsp3) is 0.0833. The second kappa shape index (κ2) is 4.86. The van der Waals surface area contributed by atoms with Crippen molar-refractivity contribution in [2.24, 2.45) is 0 Å². The molecule has 1 heterocycles. The van der Waals surface area contributed by atoms with Gasteiger partial charge in [-0.15, -0.1) is 0 Å². The first-order valence-electron chi connectivity index (χ1n) is 4.76. The van der Waals surface area contributed by atoms with Crippen LogP contribution in [0.2, 0.25) is 5.02 Å². The van der Waals surface area contributed by atoms with Crippen molar-refractivity contribution in [3.63, 3.8) is 0 Å². The minimum atomic E-state index is 0.217. The lowest BCUT2D eigenvalue weighted by Crippen LogP contribution is -1.96. The summed E-state index contributed by atoms with van der Waals surface area (Å²) in [7, 11) is 0. The third-order valence-electron chi connectivity index (χ3n) is 2.09. The summed E-state index contributed by atoms with van der Waals surface area (Å²) < 4.78 is 5.50. The maximum absolute atomic E-state index is 9.10. The third kappa shape index (κ3) is 2.64. The molecular formula is C12H10ClNO2. The first-order valence-corrected chi connectivity index (χ1v) is 5.14. The first-order chi connectivity index (χ1) is 7.75. The minimum Gasteiger partial charge on any atom is -0.508 e. The summed E-state index contributed by atoms with van der Waals surface area (Å²) >= 11 is 5.93. The van der Waals surface area contributed by atoms with E-state index < -0.39 is 0 Å². The molecule has 0 aliphatic heterocycles. The maximum atomic E-state index is 9.10. The fourth-order valence-corrected chi connectivity index (χ4v) is 1.40. The van der Waals surface area contributed by atoms with Crippen LogP contribution in [0.4, 0.5) is 0 Å². The van der Waals surface area contributed by atoms with Gasteiger partial charge < -0.3 is 9.84 Å². The van der Waals surface area contributed by atoms with Gasteiger partial charge in [0.05, 0.1) is 5.02 Å². The topological polar surface area (TPSA) is 42.4 Å². The summed E-state index contributed by atoms with van der Waals surface area (Å²) in [4.78, 5) is 3.89. The standard InChI is InChI=1S/C12H10ClNO2/c13-12-7-14-6-5-9(12)8-16-11-3-1-10(15)2-4-11/h1-7,15H,8H2. The molecule has 1 aromatic carbocycles. The Kier molecular flexibility index (Phi) is 3.27. The lowest BCUT2D eigenvalue weighted by molar-refractivity contribution is 0.305. The zero-order valence-electron chi connectivity index (χ0n) is 8.43. The van der Waals surface area contributed by atoms with Gasteiger partial charge in [-0.1, -0.05) is 11.6 Å². The number of aromatic hydroxyl groups is 1. The van der Waals surface area contributed by atoms with E-state index in [0.29, 0.717) is 17.4 Å². The highest BCUT2D eigenvalue weighted by Crippen LogP contribution is 2.19. The Morgan fingerprint density at radius 2 is 1.94 bits per heavy atom. The van der Waals surface area contributed by atoms with Crippen LogP contribution in [0.5, 0.6) is 11.5 Å². The summed E-state index contributed by atoms with van der Waals surface area (Å²) in [5.74, 6) is 0.903. The Labute approximate surface area is 98.3 Å². The summed E-state index contributed by atoms with van der Waals surface area (Å²) in [6.07, 6.45) is 3.25. The molecule has 0 bridgehead atoms. The molecule has 0 fully saturated rings. The Hall–Kier alpha value is -1.74. The first kappa shape index (κ1) is 10.8. The van der Waals surface area contributed by atoms with Crippen LogP contribution in [-0.2, 0) is 6.61 Å². The molecule has 0 amide bonds. The van der Waals surface area contributed by atoms with Gasteiger partial charge >= 0.3 is 0 Å². The van der Waals surface area contributed by atoms with Crippen LogP contribution in [-0.4, -0.2) is 10.1 Å². The molecule has 0 aliphatic carbocycles. The van der Waals surface area contributed by atoms with E-state index >= 15 is 0 Å². The van der Waals surface area contributed by atoms with E-state index in [4.69, 9.17) is 21.4 Å². The highest BCUT2D eigenvalue weighted by atomic mass is 35.5. The van der Waals surface area contributed by atoms with Crippen LogP contribution in [0.3, 0.4) is 0 Å². The number of phenolic OH excluding ortho intramolecular Hbond substituents is 1. The molecule has 0 aliphatic rings. The molecule has 4 heteroatoms. The number of ether oxygens (including phenoxy) is 1. The van der Waals surface area contributed by atoms with Crippen LogP contribution in [0.1, 0.15) is 5.56 Å². The van der Waals surface area contributed by atoms with Gasteiger partial charge in [0.15, 0.2) is 0 Å². The van der Waals surface area contributed by atoms with Crippen LogP contribution in [0.15, 0.2) is 42.7 Å². The molecule has 16 heavy (non-hydrogen) atoms. The second-order valence-corrected chi connectivity index (χ2v) is 3.66. The van der Waals surface area contributed by atoms with Crippen LogP contribution < -0.4 is 4.74 Å². The zero-order valence-corrected chi connectivity index (χ0v) is 9.19. The van der Waals surface area contributed by atoms with E-state index in [9.17, 15) is 0 Å². The Balaban J connectivity index is 2.02. The van der Waals surface area contributed by atoms with Crippen molar-refractivity contribution < 1.29 is 9.84 Å². The highest BCUT2D eigenvalue weighted by Gasteiger charge is 2.00. The van der Waals surface area contributed by atoms with Gasteiger partial charge in [-0.25, -0.2) is 0 Å². The number of hydrogen-bond donors (Lipinski definition) is 1. The molecule has 0 saturated heterocycles. The average molecular weight is 236 g/mol. The summed E-state index contributed by atoms with van der Waals surface area (Å²) in [6, 6.07) is 8.35. The average Bonchev–Trinajstić information content (AvgIpc) is 2.30. The zero-order chi connectivity index (χ0) is 11.4. The molecule has 0 atom stereocenters. The minimum absolute atomic E-state index is 0.217. The predicted octanol–water partition coefficient (Wildman–Crippen LogP) is 3.02. The molecule has 82 valence electrons. The maximum Gasteiger partial charge on any atom is 0.120 e. The number of aromatic nitrogens is 1. The van der Waals surface area contributed by atoms with Gasteiger partial charge in [0.2, 0.25) is 0 Å². The summed E-state index contributed by atoms with van der Waals surface area (Å²) in [6.45, 7) is 0.381. The molecule has 0 unspecified atom stereocenters. The molecule has 0 spiro atoms. The van der Waals surface area contributed by atoms with E-state index in [-0.39, 0.29) is 5.75 Å². The van der Waals surface area contributed by atoms with Crippen LogP contribution in [0.25, 0.3) is 0 Å². The summed E-state index contributed by atoms with van der Waals surface area (Å²) in [5.41, 5.74) is 0.879.